The Morgan fingerprint density at radius 1 is 0.293 bits per heavy atom. The minimum Gasteiger partial charge on any atom is -0.310 e. The van der Waals surface area contributed by atoms with Gasteiger partial charge in [-0.3, -0.25) is 0 Å². The summed E-state index contributed by atoms with van der Waals surface area (Å²) in [5, 5.41) is 5.00. The molecule has 11 rings (SSSR count). The fourth-order valence-corrected chi connectivity index (χ4v) is 13.5. The fraction of sp³-hybridized carbons (Fsp3) is 0. The molecule has 1 nitrogen and oxygen atoms in total. The van der Waals surface area contributed by atoms with Crippen molar-refractivity contribution in [2.45, 2.75) is 19.6 Å². The van der Waals surface area contributed by atoms with Gasteiger partial charge >= 0.3 is 0 Å². The highest BCUT2D eigenvalue weighted by molar-refractivity contribution is 8.34. The van der Waals surface area contributed by atoms with Crippen LogP contribution >= 0.6 is 10.0 Å². The lowest BCUT2D eigenvalue weighted by Gasteiger charge is -2.39. The van der Waals surface area contributed by atoms with E-state index >= 15 is 0 Å². The third-order valence-corrected chi connectivity index (χ3v) is 15.7. The quantitative estimate of drug-likeness (QED) is 0.156. The van der Waals surface area contributed by atoms with Crippen LogP contribution in [0.4, 0.5) is 17.1 Å². The first-order chi connectivity index (χ1) is 28.8. The molecular formula is C56H39NS. The minimum absolute atomic E-state index is 1.11. The van der Waals surface area contributed by atoms with Crippen LogP contribution in [-0.2, 0) is 0 Å². The van der Waals surface area contributed by atoms with Crippen LogP contribution in [0.25, 0.3) is 54.9 Å². The number of anilines is 3. The molecule has 0 spiro atoms. The third kappa shape index (κ3) is 5.34. The van der Waals surface area contributed by atoms with Gasteiger partial charge in [0.2, 0.25) is 0 Å². The Hall–Kier alpha value is -7.13. The lowest BCUT2D eigenvalue weighted by atomic mass is 9.91. The minimum atomic E-state index is -1.80. The van der Waals surface area contributed by atoms with Gasteiger partial charge in [-0.2, -0.15) is 0 Å². The molecule has 10 aromatic rings. The predicted octanol–water partition coefficient (Wildman–Crippen LogP) is 16.1. The summed E-state index contributed by atoms with van der Waals surface area (Å²) < 4.78 is 0. The van der Waals surface area contributed by atoms with Crippen molar-refractivity contribution >= 4 is 48.6 Å². The van der Waals surface area contributed by atoms with E-state index in [2.05, 4.69) is 241 Å². The van der Waals surface area contributed by atoms with E-state index in [1.807, 2.05) is 0 Å². The molecule has 0 amide bonds. The Morgan fingerprint density at radius 3 is 1.41 bits per heavy atom. The van der Waals surface area contributed by atoms with Crippen molar-refractivity contribution in [1.29, 1.82) is 0 Å². The number of fused-ring (bicyclic) bond motifs is 6. The molecule has 2 heteroatoms. The van der Waals surface area contributed by atoms with Gasteiger partial charge in [0.1, 0.15) is 0 Å². The zero-order valence-corrected chi connectivity index (χ0v) is 32.7. The molecule has 0 aromatic heterocycles. The summed E-state index contributed by atoms with van der Waals surface area (Å²) in [4.78, 5) is 7.94. The summed E-state index contributed by atoms with van der Waals surface area (Å²) >= 11 is 0. The monoisotopic (exact) mass is 757 g/mol. The number of rotatable bonds is 7. The first-order valence-electron chi connectivity index (χ1n) is 19.9. The van der Waals surface area contributed by atoms with Gasteiger partial charge in [-0.15, -0.1) is 10.0 Å². The van der Waals surface area contributed by atoms with Gasteiger partial charge in [0.25, 0.3) is 0 Å². The Balaban J connectivity index is 1.14. The maximum absolute atomic E-state index is 2.45. The van der Waals surface area contributed by atoms with Crippen molar-refractivity contribution in [3.63, 3.8) is 0 Å². The molecule has 0 saturated heterocycles. The highest BCUT2D eigenvalue weighted by Crippen LogP contribution is 2.80. The van der Waals surface area contributed by atoms with Gasteiger partial charge in [-0.05, 0) is 111 Å². The molecule has 10 aromatic carbocycles. The summed E-state index contributed by atoms with van der Waals surface area (Å²) in [7, 11) is -1.80. The topological polar surface area (TPSA) is 3.24 Å². The molecule has 0 atom stereocenters. The second-order valence-corrected chi connectivity index (χ2v) is 17.9. The smallest absolute Gasteiger partial charge is 0.0546 e. The zero-order chi connectivity index (χ0) is 38.5. The van der Waals surface area contributed by atoms with E-state index in [1.54, 1.807) is 0 Å². The molecule has 0 radical (unpaired) electrons. The lowest BCUT2D eigenvalue weighted by molar-refractivity contribution is 1.29. The molecule has 0 fully saturated rings. The van der Waals surface area contributed by atoms with Crippen molar-refractivity contribution in [2.75, 3.05) is 4.90 Å². The van der Waals surface area contributed by atoms with Crippen LogP contribution in [0.1, 0.15) is 0 Å². The lowest BCUT2D eigenvalue weighted by Crippen LogP contribution is -2.10. The molecule has 0 N–H and O–H groups in total. The van der Waals surface area contributed by atoms with E-state index < -0.39 is 10.0 Å². The van der Waals surface area contributed by atoms with Crippen molar-refractivity contribution in [1.82, 2.24) is 0 Å². The molecule has 1 heterocycles. The average molecular weight is 758 g/mol. The Morgan fingerprint density at radius 2 is 0.776 bits per heavy atom. The van der Waals surface area contributed by atoms with E-state index in [0.717, 1.165) is 17.1 Å². The highest BCUT2D eigenvalue weighted by atomic mass is 32.3. The van der Waals surface area contributed by atoms with Gasteiger partial charge in [-0.25, -0.2) is 0 Å². The molecule has 1 aliphatic heterocycles. The number of hydrogen-bond donors (Lipinski definition) is 0. The van der Waals surface area contributed by atoms with Gasteiger partial charge < -0.3 is 4.90 Å². The Bertz CT molecular complexity index is 3040. The van der Waals surface area contributed by atoms with Crippen LogP contribution in [0.5, 0.6) is 0 Å². The fourth-order valence-electron chi connectivity index (χ4n) is 9.24. The van der Waals surface area contributed by atoms with E-state index in [0.29, 0.717) is 0 Å². The van der Waals surface area contributed by atoms with Crippen LogP contribution in [-0.4, -0.2) is 0 Å². The van der Waals surface area contributed by atoms with Gasteiger partial charge in [0.15, 0.2) is 0 Å². The summed E-state index contributed by atoms with van der Waals surface area (Å²) in [6.07, 6.45) is 0. The summed E-state index contributed by atoms with van der Waals surface area (Å²) in [5.41, 5.74) is 10.9. The number of hydrogen-bond acceptors (Lipinski definition) is 1. The van der Waals surface area contributed by atoms with Crippen LogP contribution in [0.2, 0.25) is 0 Å². The first kappa shape index (κ1) is 34.1. The molecule has 0 saturated carbocycles. The zero-order valence-electron chi connectivity index (χ0n) is 31.9. The predicted molar refractivity (Wildman–Crippen MR) is 246 cm³/mol. The van der Waals surface area contributed by atoms with Gasteiger partial charge in [0.05, 0.1) is 5.69 Å². The molecular weight excluding hydrogens is 719 g/mol. The van der Waals surface area contributed by atoms with Crippen molar-refractivity contribution in [3.8, 4) is 33.4 Å². The first-order valence-corrected chi connectivity index (χ1v) is 21.6. The second kappa shape index (κ2) is 14.1. The van der Waals surface area contributed by atoms with E-state index in [1.165, 1.54) is 74.5 Å². The van der Waals surface area contributed by atoms with Crippen LogP contribution in [0.3, 0.4) is 0 Å². The standard InChI is InChI=1S/C56H39NS/c1-5-18-40(19-6-1)48-30-15-20-42-21-16-31-49(54(42)48)41-34-37-45(38-35-41)57(44-23-7-2-8-24-44)51-32-17-22-43-36-39-53-56(55(43)51)50-29-13-14-33-52(50)58(53,46-25-9-3-10-26-46)47-27-11-4-12-28-47/h1-39H. The normalized spacial score (nSPS) is 13.2. The number of para-hydroxylation sites is 1. The summed E-state index contributed by atoms with van der Waals surface area (Å²) in [6.45, 7) is 0. The maximum Gasteiger partial charge on any atom is 0.0546 e. The summed E-state index contributed by atoms with van der Waals surface area (Å²) in [5.74, 6) is 0. The molecule has 0 bridgehead atoms. The number of benzene rings is 10. The SMILES string of the molecule is c1ccc(-c2cccc3cccc(-c4ccc(N(c5ccccc5)c5cccc6ccc7c(c56)-c5ccccc5S7(c5ccccc5)c5ccccc5)cc4)c23)cc1. The van der Waals surface area contributed by atoms with Crippen LogP contribution < -0.4 is 4.90 Å². The Kier molecular flexibility index (Phi) is 8.31. The largest absolute Gasteiger partial charge is 0.310 e. The highest BCUT2D eigenvalue weighted by Gasteiger charge is 2.43. The Labute approximate surface area is 341 Å². The van der Waals surface area contributed by atoms with Crippen LogP contribution in [0.15, 0.2) is 256 Å². The van der Waals surface area contributed by atoms with Gasteiger partial charge in [-0.1, -0.05) is 170 Å². The molecule has 0 unspecified atom stereocenters. The maximum atomic E-state index is 2.45. The van der Waals surface area contributed by atoms with E-state index in [-0.39, 0.29) is 0 Å². The second-order valence-electron chi connectivity index (χ2n) is 14.8. The van der Waals surface area contributed by atoms with E-state index in [9.17, 15) is 0 Å². The van der Waals surface area contributed by atoms with Crippen molar-refractivity contribution < 1.29 is 0 Å². The summed E-state index contributed by atoms with van der Waals surface area (Å²) in [6, 6.07) is 87.2. The molecule has 274 valence electrons. The van der Waals surface area contributed by atoms with Crippen molar-refractivity contribution in [3.05, 3.63) is 237 Å². The van der Waals surface area contributed by atoms with E-state index in [4.69, 9.17) is 0 Å². The van der Waals surface area contributed by atoms with Gasteiger partial charge in [0, 0.05) is 41.9 Å². The average Bonchev–Trinajstić information content (AvgIpc) is 3.61. The third-order valence-electron chi connectivity index (χ3n) is 11.7. The van der Waals surface area contributed by atoms with Crippen molar-refractivity contribution in [2.24, 2.45) is 0 Å². The molecule has 58 heavy (non-hydrogen) atoms. The molecule has 1 aliphatic rings. The van der Waals surface area contributed by atoms with Crippen LogP contribution in [0, 0.1) is 0 Å². The number of nitrogens with zero attached hydrogens (tertiary/aromatic N) is 1. The molecule has 0 aliphatic carbocycles.